The van der Waals surface area contributed by atoms with Crippen molar-refractivity contribution in [3.63, 3.8) is 0 Å². The van der Waals surface area contributed by atoms with E-state index in [9.17, 15) is 18.3 Å². The van der Waals surface area contributed by atoms with E-state index in [1.54, 1.807) is 0 Å². The zero-order chi connectivity index (χ0) is 14.1. The number of carbonyl (C=O) groups is 1. The molecule has 0 bridgehead atoms. The van der Waals surface area contributed by atoms with Crippen molar-refractivity contribution in [1.82, 2.24) is 4.90 Å². The van der Waals surface area contributed by atoms with Gasteiger partial charge in [0.1, 0.15) is 0 Å². The summed E-state index contributed by atoms with van der Waals surface area (Å²) in [7, 11) is -1.01. The van der Waals surface area contributed by atoms with E-state index in [4.69, 9.17) is 0 Å². The molecule has 0 amide bonds. The van der Waals surface area contributed by atoms with Crippen molar-refractivity contribution in [2.45, 2.75) is 56.5 Å². The van der Waals surface area contributed by atoms with Crippen LogP contribution in [0.3, 0.4) is 0 Å². The minimum atomic E-state index is -2.92. The second-order valence-electron chi connectivity index (χ2n) is 6.02. The topological polar surface area (TPSA) is 74.7 Å². The van der Waals surface area contributed by atoms with Crippen LogP contribution in [0, 0.1) is 0 Å². The monoisotopic (exact) mass is 289 g/mol. The highest BCUT2D eigenvalue weighted by molar-refractivity contribution is 7.91. The van der Waals surface area contributed by atoms with Crippen LogP contribution in [-0.4, -0.2) is 54.5 Å². The van der Waals surface area contributed by atoms with Crippen molar-refractivity contribution in [2.75, 3.05) is 18.6 Å². The summed E-state index contributed by atoms with van der Waals surface area (Å²) in [6.45, 7) is 0. The minimum absolute atomic E-state index is 0.0116. The predicted octanol–water partition coefficient (Wildman–Crippen LogP) is 1.28. The lowest BCUT2D eigenvalue weighted by molar-refractivity contribution is -0.141. The molecule has 0 aromatic rings. The van der Waals surface area contributed by atoms with Crippen molar-refractivity contribution in [3.05, 3.63) is 0 Å². The molecule has 1 atom stereocenters. The Balaban J connectivity index is 2.16. The van der Waals surface area contributed by atoms with E-state index < -0.39 is 15.8 Å². The third-order valence-corrected chi connectivity index (χ3v) is 6.52. The Morgan fingerprint density at radius 3 is 2.42 bits per heavy atom. The van der Waals surface area contributed by atoms with E-state index in [0.29, 0.717) is 6.42 Å². The van der Waals surface area contributed by atoms with E-state index in [1.165, 1.54) is 0 Å². The van der Waals surface area contributed by atoms with Crippen LogP contribution in [0.4, 0.5) is 0 Å². The normalized spacial score (nSPS) is 29.5. The van der Waals surface area contributed by atoms with Gasteiger partial charge in [-0.3, -0.25) is 9.69 Å². The van der Waals surface area contributed by atoms with Gasteiger partial charge in [-0.15, -0.1) is 0 Å². The Morgan fingerprint density at radius 2 is 1.95 bits per heavy atom. The van der Waals surface area contributed by atoms with Gasteiger partial charge in [0.05, 0.1) is 17.9 Å². The van der Waals surface area contributed by atoms with Crippen LogP contribution < -0.4 is 0 Å². The Hall–Kier alpha value is -0.620. The Kier molecular flexibility index (Phi) is 4.20. The molecular weight excluding hydrogens is 266 g/mol. The van der Waals surface area contributed by atoms with Gasteiger partial charge in [-0.05, 0) is 26.3 Å². The number of hydrogen-bond acceptors (Lipinski definition) is 4. The van der Waals surface area contributed by atoms with Gasteiger partial charge in [0.25, 0.3) is 0 Å². The first-order valence-electron chi connectivity index (χ1n) is 7.00. The first kappa shape index (κ1) is 14.8. The van der Waals surface area contributed by atoms with E-state index in [2.05, 4.69) is 4.90 Å². The molecule has 1 saturated carbocycles. The molecule has 110 valence electrons. The Labute approximate surface area is 114 Å². The molecule has 0 aromatic heterocycles. The summed E-state index contributed by atoms with van der Waals surface area (Å²) >= 11 is 0. The molecule has 0 aromatic carbocycles. The number of nitrogens with zero attached hydrogens (tertiary/aromatic N) is 1. The van der Waals surface area contributed by atoms with Gasteiger partial charge >= 0.3 is 5.97 Å². The summed E-state index contributed by atoms with van der Waals surface area (Å²) in [5.41, 5.74) is -0.339. The molecule has 2 fully saturated rings. The molecule has 1 saturated heterocycles. The van der Waals surface area contributed by atoms with Crippen molar-refractivity contribution < 1.29 is 18.3 Å². The molecule has 2 aliphatic rings. The summed E-state index contributed by atoms with van der Waals surface area (Å²) < 4.78 is 23.2. The van der Waals surface area contributed by atoms with Gasteiger partial charge in [-0.2, -0.15) is 0 Å². The molecule has 2 rings (SSSR count). The Bertz CT molecular complexity index is 440. The summed E-state index contributed by atoms with van der Waals surface area (Å²) in [4.78, 5) is 13.2. The van der Waals surface area contributed by atoms with Crippen LogP contribution in [0.5, 0.6) is 0 Å². The number of carboxylic acids is 1. The number of aliphatic carboxylic acids is 1. The van der Waals surface area contributed by atoms with E-state index in [1.807, 2.05) is 7.05 Å². The highest BCUT2D eigenvalue weighted by Crippen LogP contribution is 2.38. The zero-order valence-corrected chi connectivity index (χ0v) is 12.3. The van der Waals surface area contributed by atoms with Crippen LogP contribution >= 0.6 is 0 Å². The average molecular weight is 289 g/mol. The first-order chi connectivity index (χ1) is 8.85. The van der Waals surface area contributed by atoms with Crippen LogP contribution in [0.2, 0.25) is 0 Å². The van der Waals surface area contributed by atoms with Gasteiger partial charge < -0.3 is 5.11 Å². The molecule has 1 aliphatic heterocycles. The third-order valence-electron chi connectivity index (χ3n) is 4.77. The van der Waals surface area contributed by atoms with Crippen LogP contribution in [0.25, 0.3) is 0 Å². The molecular formula is C13H23NO4S. The number of sulfone groups is 1. The molecule has 6 heteroatoms. The summed E-state index contributed by atoms with van der Waals surface area (Å²) in [6.07, 6.45) is 5.73. The van der Waals surface area contributed by atoms with E-state index >= 15 is 0 Å². The lowest BCUT2D eigenvalue weighted by Gasteiger charge is -2.46. The van der Waals surface area contributed by atoms with E-state index in [0.717, 1.165) is 32.1 Å². The van der Waals surface area contributed by atoms with Crippen molar-refractivity contribution in [3.8, 4) is 0 Å². The molecule has 1 unspecified atom stereocenters. The molecule has 1 heterocycles. The second kappa shape index (κ2) is 5.40. The summed E-state index contributed by atoms with van der Waals surface area (Å²) in [6, 6.07) is -0.0116. The SMILES string of the molecule is CN(C1CCS(=O)(=O)C1)C1(CC(=O)O)CCCCC1. The molecule has 1 aliphatic carbocycles. The largest absolute Gasteiger partial charge is 0.481 e. The van der Waals surface area contributed by atoms with Crippen molar-refractivity contribution in [1.29, 1.82) is 0 Å². The fraction of sp³-hybridized carbons (Fsp3) is 0.923. The maximum Gasteiger partial charge on any atom is 0.305 e. The van der Waals surface area contributed by atoms with Gasteiger partial charge in [-0.25, -0.2) is 8.42 Å². The number of rotatable bonds is 4. The Morgan fingerprint density at radius 1 is 1.32 bits per heavy atom. The fourth-order valence-electron chi connectivity index (χ4n) is 3.61. The first-order valence-corrected chi connectivity index (χ1v) is 8.82. The molecule has 0 spiro atoms. The third kappa shape index (κ3) is 3.28. The molecule has 5 nitrogen and oxygen atoms in total. The van der Waals surface area contributed by atoms with Gasteiger partial charge in [-0.1, -0.05) is 19.3 Å². The highest BCUT2D eigenvalue weighted by Gasteiger charge is 2.43. The van der Waals surface area contributed by atoms with Crippen LogP contribution in [0.15, 0.2) is 0 Å². The van der Waals surface area contributed by atoms with Gasteiger partial charge in [0.2, 0.25) is 0 Å². The summed E-state index contributed by atoms with van der Waals surface area (Å²) in [5, 5.41) is 9.18. The van der Waals surface area contributed by atoms with Gasteiger partial charge in [0, 0.05) is 11.6 Å². The maximum atomic E-state index is 11.6. The second-order valence-corrected chi connectivity index (χ2v) is 8.25. The van der Waals surface area contributed by atoms with Crippen LogP contribution in [0.1, 0.15) is 44.9 Å². The minimum Gasteiger partial charge on any atom is -0.481 e. The highest BCUT2D eigenvalue weighted by atomic mass is 32.2. The van der Waals surface area contributed by atoms with Gasteiger partial charge in [0.15, 0.2) is 9.84 Å². The maximum absolute atomic E-state index is 11.6. The predicted molar refractivity (Wildman–Crippen MR) is 72.9 cm³/mol. The van der Waals surface area contributed by atoms with E-state index in [-0.39, 0.29) is 29.5 Å². The lowest BCUT2D eigenvalue weighted by atomic mass is 9.77. The standard InChI is InChI=1S/C13H23NO4S/c1-14(11-5-8-19(17,18)10-11)13(9-12(15)16)6-3-2-4-7-13/h11H,2-10H2,1H3,(H,15,16). The number of hydrogen-bond donors (Lipinski definition) is 1. The molecule has 0 radical (unpaired) electrons. The number of carboxylic acid groups (broad SMARTS) is 1. The smallest absolute Gasteiger partial charge is 0.305 e. The fourth-order valence-corrected chi connectivity index (χ4v) is 5.39. The molecule has 19 heavy (non-hydrogen) atoms. The summed E-state index contributed by atoms with van der Waals surface area (Å²) in [5.74, 6) is -0.356. The average Bonchev–Trinajstić information content (AvgIpc) is 2.69. The lowest BCUT2D eigenvalue weighted by Crippen LogP contribution is -2.54. The molecule has 1 N–H and O–H groups in total. The van der Waals surface area contributed by atoms with Crippen LogP contribution in [-0.2, 0) is 14.6 Å². The zero-order valence-electron chi connectivity index (χ0n) is 11.5. The van der Waals surface area contributed by atoms with Crippen molar-refractivity contribution >= 4 is 15.8 Å². The quantitative estimate of drug-likeness (QED) is 0.844. The van der Waals surface area contributed by atoms with Crippen molar-refractivity contribution in [2.24, 2.45) is 0 Å².